The zero-order valence-corrected chi connectivity index (χ0v) is 12.5. The Hall–Kier alpha value is -0.660. The Morgan fingerprint density at radius 1 is 1.05 bits per heavy atom. The van der Waals surface area contributed by atoms with Gasteiger partial charge in [-0.3, -0.25) is 0 Å². The Bertz CT molecular complexity index is 345. The van der Waals surface area contributed by atoms with Crippen molar-refractivity contribution in [3.63, 3.8) is 0 Å². The minimum atomic E-state index is -0.569. The molecule has 1 aliphatic rings. The predicted molar refractivity (Wildman–Crippen MR) is 76.6 cm³/mol. The van der Waals surface area contributed by atoms with Crippen LogP contribution in [-0.2, 0) is 9.47 Å². The Kier molecular flexibility index (Phi) is 7.33. The summed E-state index contributed by atoms with van der Waals surface area (Å²) in [6.45, 7) is 0. The van der Waals surface area contributed by atoms with E-state index in [0.717, 1.165) is 23.5 Å². The molecule has 0 aromatic rings. The SMILES string of the molecule is CSC(=O)OC1/C=C/C(OC(=O)SC)CC(O)CC1. The van der Waals surface area contributed by atoms with Crippen LogP contribution in [0.2, 0.25) is 0 Å². The van der Waals surface area contributed by atoms with Gasteiger partial charge in [-0.25, -0.2) is 9.59 Å². The molecule has 0 heterocycles. The number of hydrogen-bond donors (Lipinski definition) is 1. The van der Waals surface area contributed by atoms with Gasteiger partial charge in [0.05, 0.1) is 6.10 Å². The van der Waals surface area contributed by atoms with Crippen LogP contribution in [0.3, 0.4) is 0 Å². The van der Waals surface area contributed by atoms with Crippen molar-refractivity contribution < 1.29 is 24.2 Å². The van der Waals surface area contributed by atoms with E-state index in [1.165, 1.54) is 0 Å². The number of aliphatic hydroxyl groups is 1. The van der Waals surface area contributed by atoms with Crippen molar-refractivity contribution >= 4 is 34.1 Å². The Morgan fingerprint density at radius 2 is 1.58 bits per heavy atom. The van der Waals surface area contributed by atoms with Gasteiger partial charge in [-0.15, -0.1) is 0 Å². The predicted octanol–water partition coefficient (Wildman–Crippen LogP) is 2.82. The quantitative estimate of drug-likeness (QED) is 0.621. The second kappa shape index (κ2) is 8.50. The smallest absolute Gasteiger partial charge is 0.367 e. The average Bonchev–Trinajstić information content (AvgIpc) is 2.39. The van der Waals surface area contributed by atoms with Crippen LogP contribution in [0.1, 0.15) is 19.3 Å². The lowest BCUT2D eigenvalue weighted by Gasteiger charge is -2.23. The number of carbonyl (C=O) groups is 2. The molecule has 19 heavy (non-hydrogen) atoms. The lowest BCUT2D eigenvalue weighted by atomic mass is 10.00. The minimum absolute atomic E-state index is 0.359. The molecule has 108 valence electrons. The topological polar surface area (TPSA) is 72.8 Å². The lowest BCUT2D eigenvalue weighted by molar-refractivity contribution is 0.0666. The van der Waals surface area contributed by atoms with Crippen LogP contribution in [-0.4, -0.2) is 46.5 Å². The summed E-state index contributed by atoms with van der Waals surface area (Å²) in [5, 5.41) is 9.05. The molecule has 1 aliphatic carbocycles. The zero-order valence-electron chi connectivity index (χ0n) is 10.9. The molecule has 0 radical (unpaired) electrons. The largest absolute Gasteiger partial charge is 0.450 e. The van der Waals surface area contributed by atoms with Gasteiger partial charge in [0, 0.05) is 6.42 Å². The molecule has 5 nitrogen and oxygen atoms in total. The lowest BCUT2D eigenvalue weighted by Crippen LogP contribution is -2.26. The zero-order chi connectivity index (χ0) is 14.3. The number of aliphatic hydroxyl groups excluding tert-OH is 1. The molecule has 1 N–H and O–H groups in total. The molecule has 0 fully saturated rings. The Morgan fingerprint density at radius 3 is 2.16 bits per heavy atom. The van der Waals surface area contributed by atoms with Crippen molar-refractivity contribution in [2.24, 2.45) is 0 Å². The van der Waals surface area contributed by atoms with Gasteiger partial charge in [-0.1, -0.05) is 0 Å². The summed E-state index contributed by atoms with van der Waals surface area (Å²) in [6, 6.07) is 0. The minimum Gasteiger partial charge on any atom is -0.450 e. The van der Waals surface area contributed by atoms with Crippen molar-refractivity contribution in [1.29, 1.82) is 0 Å². The van der Waals surface area contributed by atoms with Crippen molar-refractivity contribution in [2.75, 3.05) is 12.5 Å². The summed E-state index contributed by atoms with van der Waals surface area (Å²) in [7, 11) is 0. The molecule has 0 spiro atoms. The first kappa shape index (κ1) is 16.4. The van der Waals surface area contributed by atoms with Gasteiger partial charge in [0.1, 0.15) is 12.2 Å². The summed E-state index contributed by atoms with van der Waals surface area (Å²) in [4.78, 5) is 22.4. The van der Waals surface area contributed by atoms with Gasteiger partial charge in [0.25, 0.3) is 0 Å². The fourth-order valence-electron chi connectivity index (χ4n) is 1.69. The van der Waals surface area contributed by atoms with E-state index in [9.17, 15) is 14.7 Å². The standard InChI is InChI=1S/C12H18O5S2/c1-18-11(14)16-9-4-3-8(13)7-10(6-5-9)17-12(15)19-2/h5-6,8-10,13H,3-4,7H2,1-2H3/b6-5+. The van der Waals surface area contributed by atoms with E-state index in [-0.39, 0.29) is 16.7 Å². The Labute approximate surface area is 121 Å². The fraction of sp³-hybridized carbons (Fsp3) is 0.667. The summed E-state index contributed by atoms with van der Waals surface area (Å²) >= 11 is 1.98. The second-order valence-corrected chi connectivity index (χ2v) is 5.56. The van der Waals surface area contributed by atoms with Gasteiger partial charge in [0.2, 0.25) is 0 Å². The van der Waals surface area contributed by atoms with Gasteiger partial charge >= 0.3 is 10.6 Å². The van der Waals surface area contributed by atoms with E-state index in [4.69, 9.17) is 9.47 Å². The van der Waals surface area contributed by atoms with Gasteiger partial charge in [-0.05, 0) is 61.0 Å². The van der Waals surface area contributed by atoms with E-state index in [1.54, 1.807) is 24.7 Å². The van der Waals surface area contributed by atoms with Crippen LogP contribution in [0.4, 0.5) is 9.59 Å². The molecule has 0 aromatic carbocycles. The highest BCUT2D eigenvalue weighted by Gasteiger charge is 2.22. The van der Waals surface area contributed by atoms with E-state index < -0.39 is 12.2 Å². The molecule has 3 atom stereocenters. The van der Waals surface area contributed by atoms with Crippen LogP contribution in [0.15, 0.2) is 12.2 Å². The summed E-state index contributed by atoms with van der Waals surface area (Å²) in [5.74, 6) is 0. The molecule has 0 aliphatic heterocycles. The molecule has 0 bridgehead atoms. The van der Waals surface area contributed by atoms with Gasteiger partial charge in [-0.2, -0.15) is 0 Å². The van der Waals surface area contributed by atoms with E-state index in [2.05, 4.69) is 0 Å². The fourth-order valence-corrected chi connectivity index (χ4v) is 2.13. The summed E-state index contributed by atoms with van der Waals surface area (Å²) < 4.78 is 10.3. The van der Waals surface area contributed by atoms with Crippen molar-refractivity contribution in [2.45, 2.75) is 37.6 Å². The number of ether oxygens (including phenoxy) is 2. The first-order chi connectivity index (χ1) is 9.05. The number of rotatable bonds is 2. The van der Waals surface area contributed by atoms with Crippen molar-refractivity contribution in [3.8, 4) is 0 Å². The highest BCUT2D eigenvalue weighted by atomic mass is 32.2. The molecular formula is C12H18O5S2. The maximum atomic E-state index is 11.2. The van der Waals surface area contributed by atoms with E-state index in [1.807, 2.05) is 0 Å². The monoisotopic (exact) mass is 306 g/mol. The summed E-state index contributed by atoms with van der Waals surface area (Å²) in [5.41, 5.74) is 0. The van der Waals surface area contributed by atoms with E-state index >= 15 is 0 Å². The van der Waals surface area contributed by atoms with Gasteiger partial charge in [0.15, 0.2) is 0 Å². The first-order valence-electron chi connectivity index (χ1n) is 5.90. The van der Waals surface area contributed by atoms with Crippen LogP contribution < -0.4 is 0 Å². The Balaban J connectivity index is 2.64. The van der Waals surface area contributed by atoms with Crippen molar-refractivity contribution in [1.82, 2.24) is 0 Å². The van der Waals surface area contributed by atoms with Crippen LogP contribution in [0.5, 0.6) is 0 Å². The average molecular weight is 306 g/mol. The second-order valence-electron chi connectivity index (χ2n) is 4.07. The molecule has 1 rings (SSSR count). The first-order valence-corrected chi connectivity index (χ1v) is 8.35. The molecular weight excluding hydrogens is 288 g/mol. The highest BCUT2D eigenvalue weighted by Crippen LogP contribution is 2.20. The number of carbonyl (C=O) groups excluding carboxylic acids is 2. The van der Waals surface area contributed by atoms with Crippen LogP contribution >= 0.6 is 23.5 Å². The maximum absolute atomic E-state index is 11.2. The third-order valence-corrected chi connectivity index (χ3v) is 3.52. The molecule has 0 amide bonds. The number of hydrogen-bond acceptors (Lipinski definition) is 7. The summed E-state index contributed by atoms with van der Waals surface area (Å²) in [6.07, 6.45) is 6.67. The normalized spacial score (nSPS) is 28.9. The van der Waals surface area contributed by atoms with Crippen LogP contribution in [0.25, 0.3) is 0 Å². The highest BCUT2D eigenvalue weighted by molar-refractivity contribution is 8.12. The molecule has 0 aromatic heterocycles. The van der Waals surface area contributed by atoms with Crippen molar-refractivity contribution in [3.05, 3.63) is 12.2 Å². The van der Waals surface area contributed by atoms with Gasteiger partial charge < -0.3 is 14.6 Å². The van der Waals surface area contributed by atoms with E-state index in [0.29, 0.717) is 19.3 Å². The number of thioether (sulfide) groups is 2. The third-order valence-electron chi connectivity index (χ3n) is 2.66. The van der Waals surface area contributed by atoms with Crippen LogP contribution in [0, 0.1) is 0 Å². The molecule has 7 heteroatoms. The molecule has 3 unspecified atom stereocenters. The molecule has 0 saturated carbocycles. The maximum Gasteiger partial charge on any atom is 0.367 e. The third kappa shape index (κ3) is 6.35. The molecule has 0 saturated heterocycles.